The fourth-order valence-electron chi connectivity index (χ4n) is 2.78. The predicted molar refractivity (Wildman–Crippen MR) is 99.7 cm³/mol. The van der Waals surface area contributed by atoms with E-state index in [9.17, 15) is 9.59 Å². The smallest absolute Gasteiger partial charge is 0.339 e. The van der Waals surface area contributed by atoms with Gasteiger partial charge in [0.05, 0.1) is 7.11 Å². The van der Waals surface area contributed by atoms with E-state index in [1.807, 2.05) is 32.0 Å². The largest absolute Gasteiger partial charge is 0.497 e. The molecule has 0 fully saturated rings. The van der Waals surface area contributed by atoms with Crippen LogP contribution in [0.5, 0.6) is 5.75 Å². The van der Waals surface area contributed by atoms with Gasteiger partial charge >= 0.3 is 5.63 Å². The van der Waals surface area contributed by atoms with Crippen LogP contribution in [0, 0.1) is 13.8 Å². The molecule has 3 aromatic rings. The van der Waals surface area contributed by atoms with Crippen molar-refractivity contribution in [2.24, 2.45) is 0 Å². The zero-order chi connectivity index (χ0) is 18.7. The fourth-order valence-corrected chi connectivity index (χ4v) is 2.78. The van der Waals surface area contributed by atoms with E-state index >= 15 is 0 Å². The van der Waals surface area contributed by atoms with E-state index in [4.69, 9.17) is 9.15 Å². The molecule has 1 aromatic carbocycles. The van der Waals surface area contributed by atoms with Crippen molar-refractivity contribution in [2.45, 2.75) is 26.7 Å². The van der Waals surface area contributed by atoms with Crippen molar-refractivity contribution in [1.82, 2.24) is 4.98 Å². The van der Waals surface area contributed by atoms with Gasteiger partial charge in [0, 0.05) is 29.6 Å². The summed E-state index contributed by atoms with van der Waals surface area (Å²) in [5.41, 5.74) is 2.40. The number of aryl methyl sites for hydroxylation is 2. The number of rotatable bonds is 5. The van der Waals surface area contributed by atoms with Gasteiger partial charge in [-0.25, -0.2) is 9.78 Å². The first kappa shape index (κ1) is 17.7. The lowest BCUT2D eigenvalue weighted by Gasteiger charge is -2.09. The summed E-state index contributed by atoms with van der Waals surface area (Å²) in [6, 6.07) is 8.97. The fraction of sp³-hybridized carbons (Fsp3) is 0.250. The van der Waals surface area contributed by atoms with Gasteiger partial charge in [0.25, 0.3) is 0 Å². The number of benzene rings is 1. The van der Waals surface area contributed by atoms with Crippen LogP contribution in [0.15, 0.2) is 45.7 Å². The van der Waals surface area contributed by atoms with Crippen LogP contribution in [-0.4, -0.2) is 18.0 Å². The van der Waals surface area contributed by atoms with Crippen LogP contribution in [0.1, 0.15) is 23.1 Å². The molecular weight excluding hydrogens is 332 g/mol. The summed E-state index contributed by atoms with van der Waals surface area (Å²) in [5, 5.41) is 3.57. The van der Waals surface area contributed by atoms with Crippen LogP contribution in [0.2, 0.25) is 0 Å². The van der Waals surface area contributed by atoms with Gasteiger partial charge in [0.2, 0.25) is 5.91 Å². The Morgan fingerprint density at radius 3 is 2.73 bits per heavy atom. The summed E-state index contributed by atoms with van der Waals surface area (Å²) in [4.78, 5) is 28.6. The summed E-state index contributed by atoms with van der Waals surface area (Å²) >= 11 is 0. The molecule has 0 saturated carbocycles. The van der Waals surface area contributed by atoms with Crippen molar-refractivity contribution in [3.63, 3.8) is 0 Å². The maximum atomic E-state index is 12.3. The SMILES string of the molecule is COc1ccc2c(C)c(CCC(=O)Nc3ccc(C)cn3)c(=O)oc2c1. The van der Waals surface area contributed by atoms with Gasteiger partial charge in [-0.1, -0.05) is 6.07 Å². The van der Waals surface area contributed by atoms with Crippen LogP contribution < -0.4 is 15.7 Å². The summed E-state index contributed by atoms with van der Waals surface area (Å²) in [6.45, 7) is 3.79. The zero-order valence-electron chi connectivity index (χ0n) is 15.0. The number of amides is 1. The lowest BCUT2D eigenvalue weighted by Crippen LogP contribution is -2.17. The molecule has 134 valence electrons. The summed E-state index contributed by atoms with van der Waals surface area (Å²) in [7, 11) is 1.56. The Hall–Kier alpha value is -3.15. The van der Waals surface area contributed by atoms with E-state index in [0.29, 0.717) is 29.1 Å². The number of ether oxygens (including phenoxy) is 1. The third kappa shape index (κ3) is 3.74. The number of hydrogen-bond donors (Lipinski definition) is 1. The molecule has 1 N–H and O–H groups in total. The highest BCUT2D eigenvalue weighted by Gasteiger charge is 2.14. The molecule has 0 aliphatic rings. The van der Waals surface area contributed by atoms with E-state index in [2.05, 4.69) is 10.3 Å². The van der Waals surface area contributed by atoms with Gasteiger partial charge in [0.1, 0.15) is 17.2 Å². The van der Waals surface area contributed by atoms with Crippen molar-refractivity contribution in [1.29, 1.82) is 0 Å². The highest BCUT2D eigenvalue weighted by atomic mass is 16.5. The normalized spacial score (nSPS) is 10.7. The molecule has 2 aromatic heterocycles. The van der Waals surface area contributed by atoms with Crippen molar-refractivity contribution in [2.75, 3.05) is 12.4 Å². The Kier molecular flexibility index (Phi) is 5.02. The predicted octanol–water partition coefficient (Wildman–Crippen LogP) is 3.38. The van der Waals surface area contributed by atoms with Crippen LogP contribution in [0.3, 0.4) is 0 Å². The Morgan fingerprint density at radius 2 is 2.04 bits per heavy atom. The highest BCUT2D eigenvalue weighted by molar-refractivity contribution is 5.90. The molecule has 2 heterocycles. The summed E-state index contributed by atoms with van der Waals surface area (Å²) in [6.07, 6.45) is 2.16. The molecule has 26 heavy (non-hydrogen) atoms. The minimum atomic E-state index is -0.426. The molecule has 0 saturated heterocycles. The zero-order valence-corrected chi connectivity index (χ0v) is 15.0. The third-order valence-corrected chi connectivity index (χ3v) is 4.28. The Morgan fingerprint density at radius 1 is 1.23 bits per heavy atom. The van der Waals surface area contributed by atoms with E-state index < -0.39 is 5.63 Å². The molecular formula is C20H20N2O4. The molecule has 0 radical (unpaired) electrons. The number of nitrogens with zero attached hydrogens (tertiary/aromatic N) is 1. The van der Waals surface area contributed by atoms with Crippen LogP contribution in [0.25, 0.3) is 11.0 Å². The number of carbonyl (C=O) groups is 1. The second-order valence-electron chi connectivity index (χ2n) is 6.12. The first-order valence-electron chi connectivity index (χ1n) is 8.31. The Labute approximate surface area is 150 Å². The molecule has 6 nitrogen and oxygen atoms in total. The molecule has 0 aliphatic heterocycles. The van der Waals surface area contributed by atoms with Crippen molar-refractivity contribution in [3.05, 3.63) is 63.6 Å². The topological polar surface area (TPSA) is 81.4 Å². The first-order valence-corrected chi connectivity index (χ1v) is 8.31. The van der Waals surface area contributed by atoms with Crippen molar-refractivity contribution >= 4 is 22.7 Å². The summed E-state index contributed by atoms with van der Waals surface area (Å²) < 4.78 is 10.6. The van der Waals surface area contributed by atoms with E-state index in [0.717, 1.165) is 16.5 Å². The molecule has 0 unspecified atom stereocenters. The van der Waals surface area contributed by atoms with Crippen LogP contribution in [-0.2, 0) is 11.2 Å². The molecule has 0 aliphatic carbocycles. The van der Waals surface area contributed by atoms with Gasteiger partial charge in [-0.15, -0.1) is 0 Å². The average molecular weight is 352 g/mol. The van der Waals surface area contributed by atoms with E-state index in [-0.39, 0.29) is 12.3 Å². The minimum absolute atomic E-state index is 0.169. The maximum absolute atomic E-state index is 12.3. The number of carbonyl (C=O) groups excluding carboxylic acids is 1. The van der Waals surface area contributed by atoms with E-state index in [1.165, 1.54) is 0 Å². The second kappa shape index (κ2) is 7.39. The molecule has 0 bridgehead atoms. The monoisotopic (exact) mass is 352 g/mol. The number of anilines is 1. The second-order valence-corrected chi connectivity index (χ2v) is 6.12. The van der Waals surface area contributed by atoms with Gasteiger partial charge < -0.3 is 14.5 Å². The maximum Gasteiger partial charge on any atom is 0.339 e. The molecule has 1 amide bonds. The highest BCUT2D eigenvalue weighted by Crippen LogP contribution is 2.24. The van der Waals surface area contributed by atoms with Gasteiger partial charge in [-0.2, -0.15) is 0 Å². The Bertz CT molecular complexity index is 1010. The standard InChI is InChI=1S/C20H20N2O4/c1-12-4-8-18(21-11-12)22-19(23)9-7-16-13(2)15-6-5-14(25-3)10-17(15)26-20(16)24/h4-6,8,10-11H,7,9H2,1-3H3,(H,21,22,23). The van der Waals surface area contributed by atoms with Gasteiger partial charge in [0.15, 0.2) is 0 Å². The summed E-state index contributed by atoms with van der Waals surface area (Å²) in [5.74, 6) is 0.919. The van der Waals surface area contributed by atoms with Crippen LogP contribution in [0.4, 0.5) is 5.82 Å². The number of aromatic nitrogens is 1. The lowest BCUT2D eigenvalue weighted by atomic mass is 10.0. The first-order chi connectivity index (χ1) is 12.5. The number of nitrogens with one attached hydrogen (secondary N) is 1. The molecule has 0 spiro atoms. The number of pyridine rings is 1. The third-order valence-electron chi connectivity index (χ3n) is 4.28. The lowest BCUT2D eigenvalue weighted by molar-refractivity contribution is -0.116. The molecule has 6 heteroatoms. The minimum Gasteiger partial charge on any atom is -0.497 e. The number of methoxy groups -OCH3 is 1. The quantitative estimate of drug-likeness (QED) is 0.712. The number of fused-ring (bicyclic) bond motifs is 1. The van der Waals surface area contributed by atoms with Gasteiger partial charge in [-0.3, -0.25) is 4.79 Å². The average Bonchev–Trinajstić information content (AvgIpc) is 2.63. The van der Waals surface area contributed by atoms with E-state index in [1.54, 1.807) is 25.4 Å². The molecule has 0 atom stereocenters. The Balaban J connectivity index is 1.77. The molecule has 3 rings (SSSR count). The van der Waals surface area contributed by atoms with Gasteiger partial charge in [-0.05, 0) is 49.6 Å². The van der Waals surface area contributed by atoms with Crippen LogP contribution >= 0.6 is 0 Å². The van der Waals surface area contributed by atoms with Crippen molar-refractivity contribution in [3.8, 4) is 5.75 Å². The van der Waals surface area contributed by atoms with Crippen molar-refractivity contribution < 1.29 is 13.9 Å². The number of hydrogen-bond acceptors (Lipinski definition) is 5.